The third-order valence-electron chi connectivity index (χ3n) is 4.14. The van der Waals surface area contributed by atoms with Gasteiger partial charge >= 0.3 is 0 Å². The molecule has 8 heteroatoms. The first-order chi connectivity index (χ1) is 14.1. The summed E-state index contributed by atoms with van der Waals surface area (Å²) in [5.74, 6) is 1.26. The van der Waals surface area contributed by atoms with E-state index in [-0.39, 0.29) is 5.91 Å². The van der Waals surface area contributed by atoms with Crippen molar-refractivity contribution in [3.8, 4) is 11.5 Å². The molecule has 1 aliphatic rings. The van der Waals surface area contributed by atoms with Crippen LogP contribution in [0, 0.1) is 0 Å². The predicted octanol–water partition coefficient (Wildman–Crippen LogP) is 4.94. The molecule has 0 radical (unpaired) electrons. The standard InChI is InChI=1S/C21H15BrN2O3S2/c22-15-4-5-17(14(10-15)11-19-20(25)24-21(28)29-19)26-8-9-27-18-3-1-2-13-12-23-7-6-16(13)18/h1-7,10-12H,8-9H2,(H,24,25,28). The molecule has 0 spiro atoms. The first-order valence-corrected chi connectivity index (χ1v) is 10.7. The van der Waals surface area contributed by atoms with Crippen molar-refractivity contribution in [2.45, 2.75) is 0 Å². The highest BCUT2D eigenvalue weighted by Crippen LogP contribution is 2.31. The number of hydrogen-bond donors (Lipinski definition) is 1. The average molecular weight is 487 g/mol. The van der Waals surface area contributed by atoms with Gasteiger partial charge in [-0.1, -0.05) is 52.0 Å². The van der Waals surface area contributed by atoms with E-state index in [1.54, 1.807) is 12.3 Å². The minimum Gasteiger partial charge on any atom is -0.489 e. The van der Waals surface area contributed by atoms with Gasteiger partial charge in [-0.15, -0.1) is 0 Å². The van der Waals surface area contributed by atoms with Crippen molar-refractivity contribution < 1.29 is 14.3 Å². The van der Waals surface area contributed by atoms with Crippen LogP contribution in [0.1, 0.15) is 5.56 Å². The van der Waals surface area contributed by atoms with E-state index in [9.17, 15) is 4.79 Å². The van der Waals surface area contributed by atoms with Gasteiger partial charge in [0, 0.05) is 33.2 Å². The third-order valence-corrected chi connectivity index (χ3v) is 5.80. The Labute approximate surface area is 185 Å². The summed E-state index contributed by atoms with van der Waals surface area (Å²) in [6, 6.07) is 13.4. The molecule has 0 saturated carbocycles. The summed E-state index contributed by atoms with van der Waals surface area (Å²) < 4.78 is 13.2. The van der Waals surface area contributed by atoms with Crippen LogP contribution in [0.5, 0.6) is 11.5 Å². The summed E-state index contributed by atoms with van der Waals surface area (Å²) in [7, 11) is 0. The average Bonchev–Trinajstić information content (AvgIpc) is 3.03. The number of nitrogens with one attached hydrogen (secondary N) is 1. The highest BCUT2D eigenvalue weighted by molar-refractivity contribution is 9.10. The monoisotopic (exact) mass is 486 g/mol. The number of pyridine rings is 1. The Morgan fingerprint density at radius 3 is 2.76 bits per heavy atom. The number of ether oxygens (including phenoxy) is 2. The largest absolute Gasteiger partial charge is 0.489 e. The number of carbonyl (C=O) groups excluding carboxylic acids is 1. The zero-order chi connectivity index (χ0) is 20.2. The van der Waals surface area contributed by atoms with E-state index in [2.05, 4.69) is 26.2 Å². The molecule has 0 unspecified atom stereocenters. The maximum Gasteiger partial charge on any atom is 0.263 e. The van der Waals surface area contributed by atoms with Crippen LogP contribution in [0.15, 0.2) is 64.2 Å². The lowest BCUT2D eigenvalue weighted by molar-refractivity contribution is -0.115. The van der Waals surface area contributed by atoms with Gasteiger partial charge in [-0.3, -0.25) is 9.78 Å². The maximum atomic E-state index is 11.9. The maximum absolute atomic E-state index is 11.9. The van der Waals surface area contributed by atoms with E-state index in [4.69, 9.17) is 21.7 Å². The first-order valence-electron chi connectivity index (χ1n) is 8.73. The molecular weight excluding hydrogens is 472 g/mol. The number of thiocarbonyl (C=S) groups is 1. The van der Waals surface area contributed by atoms with Crippen molar-refractivity contribution in [2.75, 3.05) is 13.2 Å². The molecule has 0 aliphatic carbocycles. The molecule has 1 saturated heterocycles. The van der Waals surface area contributed by atoms with Crippen LogP contribution in [-0.2, 0) is 4.79 Å². The highest BCUT2D eigenvalue weighted by atomic mass is 79.9. The summed E-state index contributed by atoms with van der Waals surface area (Å²) >= 11 is 9.74. The van der Waals surface area contributed by atoms with Crippen molar-refractivity contribution in [1.29, 1.82) is 0 Å². The van der Waals surface area contributed by atoms with Gasteiger partial charge in [-0.05, 0) is 36.4 Å². The topological polar surface area (TPSA) is 60.5 Å². The Hall–Kier alpha value is -2.42. The lowest BCUT2D eigenvalue weighted by atomic mass is 10.1. The number of carbonyl (C=O) groups is 1. The molecule has 4 rings (SSSR count). The molecule has 1 aliphatic heterocycles. The number of thioether (sulfide) groups is 1. The summed E-state index contributed by atoms with van der Waals surface area (Å²) in [6.45, 7) is 0.740. The fourth-order valence-electron chi connectivity index (χ4n) is 2.85. The molecule has 2 heterocycles. The van der Waals surface area contributed by atoms with Gasteiger partial charge in [-0.2, -0.15) is 0 Å². The summed E-state index contributed by atoms with van der Waals surface area (Å²) in [5.41, 5.74) is 0.790. The molecule has 1 fully saturated rings. The minimum absolute atomic E-state index is 0.195. The fraction of sp³-hybridized carbons (Fsp3) is 0.0952. The minimum atomic E-state index is -0.195. The summed E-state index contributed by atoms with van der Waals surface area (Å²) in [5, 5.41) is 4.65. The number of rotatable bonds is 6. The van der Waals surface area contributed by atoms with Crippen molar-refractivity contribution >= 4 is 67.0 Å². The van der Waals surface area contributed by atoms with E-state index in [0.29, 0.717) is 28.2 Å². The van der Waals surface area contributed by atoms with Gasteiger partial charge in [0.05, 0.1) is 4.91 Å². The molecule has 146 valence electrons. The zero-order valence-electron chi connectivity index (χ0n) is 15.1. The molecule has 1 amide bonds. The van der Waals surface area contributed by atoms with Crippen LogP contribution < -0.4 is 14.8 Å². The Morgan fingerprint density at radius 1 is 1.14 bits per heavy atom. The molecule has 1 N–H and O–H groups in total. The second-order valence-corrected chi connectivity index (χ2v) is 8.72. The van der Waals surface area contributed by atoms with E-state index in [1.165, 1.54) is 11.8 Å². The smallest absolute Gasteiger partial charge is 0.263 e. The van der Waals surface area contributed by atoms with Gasteiger partial charge in [-0.25, -0.2) is 0 Å². The van der Waals surface area contributed by atoms with Crippen molar-refractivity contribution in [2.24, 2.45) is 0 Å². The second kappa shape index (κ2) is 8.94. The molecule has 3 aromatic rings. The number of hydrogen-bond acceptors (Lipinski definition) is 6. The normalized spacial score (nSPS) is 15.0. The molecule has 2 aromatic carbocycles. The number of aromatic nitrogens is 1. The van der Waals surface area contributed by atoms with Crippen molar-refractivity contribution in [3.63, 3.8) is 0 Å². The van der Waals surface area contributed by atoms with Crippen LogP contribution in [0.4, 0.5) is 0 Å². The third kappa shape index (κ3) is 4.77. The van der Waals surface area contributed by atoms with Gasteiger partial charge < -0.3 is 14.8 Å². The van der Waals surface area contributed by atoms with Crippen LogP contribution in [0.3, 0.4) is 0 Å². The molecule has 1 aromatic heterocycles. The number of nitrogens with zero attached hydrogens (tertiary/aromatic N) is 1. The Bertz CT molecular complexity index is 1130. The molecule has 5 nitrogen and oxygen atoms in total. The Kier molecular flexibility index (Phi) is 6.13. The number of fused-ring (bicyclic) bond motifs is 1. The lowest BCUT2D eigenvalue weighted by Gasteiger charge is -2.12. The second-order valence-electron chi connectivity index (χ2n) is 6.08. The first kappa shape index (κ1) is 19.9. The van der Waals surface area contributed by atoms with Gasteiger partial charge in [0.2, 0.25) is 0 Å². The summed E-state index contributed by atoms with van der Waals surface area (Å²) in [4.78, 5) is 16.6. The SMILES string of the molecule is O=C1NC(=S)SC1=Cc1cc(Br)ccc1OCCOc1cccc2cnccc12. The fourth-order valence-corrected chi connectivity index (χ4v) is 4.26. The van der Waals surface area contributed by atoms with Crippen LogP contribution >= 0.6 is 39.9 Å². The number of amides is 1. The molecule has 0 atom stereocenters. The van der Waals surface area contributed by atoms with Crippen molar-refractivity contribution in [1.82, 2.24) is 10.3 Å². The zero-order valence-corrected chi connectivity index (χ0v) is 18.3. The van der Waals surface area contributed by atoms with E-state index < -0.39 is 0 Å². The van der Waals surface area contributed by atoms with Crippen LogP contribution in [0.2, 0.25) is 0 Å². The predicted molar refractivity (Wildman–Crippen MR) is 123 cm³/mol. The Morgan fingerprint density at radius 2 is 1.97 bits per heavy atom. The molecular formula is C21H15BrN2O3S2. The van der Waals surface area contributed by atoms with E-state index in [1.807, 2.05) is 48.7 Å². The summed E-state index contributed by atoms with van der Waals surface area (Å²) in [6.07, 6.45) is 5.33. The number of benzene rings is 2. The van der Waals surface area contributed by atoms with Crippen LogP contribution in [0.25, 0.3) is 16.8 Å². The van der Waals surface area contributed by atoms with Gasteiger partial charge in [0.25, 0.3) is 5.91 Å². The Balaban J connectivity index is 1.44. The van der Waals surface area contributed by atoms with E-state index in [0.717, 1.165) is 26.6 Å². The number of halogens is 1. The lowest BCUT2D eigenvalue weighted by Crippen LogP contribution is -2.17. The highest BCUT2D eigenvalue weighted by Gasteiger charge is 2.22. The molecule has 29 heavy (non-hydrogen) atoms. The molecule has 0 bridgehead atoms. The van der Waals surface area contributed by atoms with Crippen molar-refractivity contribution in [3.05, 3.63) is 69.8 Å². The van der Waals surface area contributed by atoms with E-state index >= 15 is 0 Å². The van der Waals surface area contributed by atoms with Gasteiger partial charge in [0.15, 0.2) is 0 Å². The van der Waals surface area contributed by atoms with Gasteiger partial charge in [0.1, 0.15) is 29.0 Å². The van der Waals surface area contributed by atoms with Crippen LogP contribution in [-0.4, -0.2) is 28.4 Å². The quantitative estimate of drug-likeness (QED) is 0.302.